The molecule has 0 spiro atoms. The molecular weight excluding hydrogens is 301 g/mol. The Morgan fingerprint density at radius 1 is 1.46 bits per heavy atom. The van der Waals surface area contributed by atoms with E-state index >= 15 is 0 Å². The van der Waals surface area contributed by atoms with Gasteiger partial charge in [-0.3, -0.25) is 0 Å². The average Bonchev–Trinajstić information content (AvgIpc) is 2.07. The van der Waals surface area contributed by atoms with Gasteiger partial charge in [0.1, 0.15) is 0 Å². The molecule has 0 nitrogen and oxygen atoms in total. The molecule has 0 fully saturated rings. The third-order valence-corrected chi connectivity index (χ3v) is 4.88. The van der Waals surface area contributed by atoms with E-state index in [1.807, 2.05) is 12.1 Å². The van der Waals surface area contributed by atoms with Crippen molar-refractivity contribution in [1.29, 1.82) is 0 Å². The summed E-state index contributed by atoms with van der Waals surface area (Å²) >= 11 is 5.72. The van der Waals surface area contributed by atoms with Crippen LogP contribution in [0.3, 0.4) is 0 Å². The number of alkyl halides is 2. The van der Waals surface area contributed by atoms with E-state index in [-0.39, 0.29) is 32.0 Å². The number of benzene rings is 1. The summed E-state index contributed by atoms with van der Waals surface area (Å²) in [6.45, 7) is 4.35. The molecule has 0 aromatic heterocycles. The first-order chi connectivity index (χ1) is 6.11. The Balaban J connectivity index is 2.71. The predicted molar refractivity (Wildman–Crippen MR) is 50.3 cm³/mol. The summed E-state index contributed by atoms with van der Waals surface area (Å²) in [7, 11) is 0. The van der Waals surface area contributed by atoms with Crippen LogP contribution in [0.15, 0.2) is 18.2 Å². The third-order valence-electron chi connectivity index (χ3n) is 1.56. The zero-order chi connectivity index (χ0) is 9.84. The Morgan fingerprint density at radius 2 is 2.15 bits per heavy atom. The van der Waals surface area contributed by atoms with Crippen LogP contribution in [0.5, 0.6) is 0 Å². The van der Waals surface area contributed by atoms with Gasteiger partial charge in [-0.1, -0.05) is 0 Å². The van der Waals surface area contributed by atoms with Gasteiger partial charge in [-0.05, 0) is 0 Å². The fraction of sp³-hybridized carbons (Fsp3) is 0.400. The van der Waals surface area contributed by atoms with Crippen molar-refractivity contribution in [1.82, 2.24) is 0 Å². The minimum atomic E-state index is -0.232. The average molecular weight is 314 g/mol. The Hall–Kier alpha value is 0.170. The molecule has 0 aliphatic heterocycles. The monoisotopic (exact) mass is 313 g/mol. The molecule has 0 atom stereocenters. The van der Waals surface area contributed by atoms with Gasteiger partial charge in [0.2, 0.25) is 0 Å². The van der Waals surface area contributed by atoms with Gasteiger partial charge in [-0.2, -0.15) is 0 Å². The molecule has 3 heteroatoms. The van der Waals surface area contributed by atoms with Gasteiger partial charge in [-0.25, -0.2) is 0 Å². The van der Waals surface area contributed by atoms with Crippen LogP contribution in [0.2, 0.25) is 5.02 Å². The zero-order valence-corrected chi connectivity index (χ0v) is 10.6. The maximum atomic E-state index is 13.3. The molecule has 0 aliphatic rings. The van der Waals surface area contributed by atoms with Crippen molar-refractivity contribution in [2.24, 2.45) is 0 Å². The number of halogens is 3. The molecule has 1 aromatic carbocycles. The van der Waals surface area contributed by atoms with Crippen molar-refractivity contribution < 1.29 is 25.6 Å². The van der Waals surface area contributed by atoms with Crippen LogP contribution in [-0.4, -0.2) is 3.92 Å². The maximum absolute atomic E-state index is 13.3. The summed E-state index contributed by atoms with van der Waals surface area (Å²) in [4.78, 5) is 0. The van der Waals surface area contributed by atoms with Crippen LogP contribution in [0.25, 0.3) is 0 Å². The van der Waals surface area contributed by atoms with E-state index in [0.717, 1.165) is 9.99 Å². The minimum absolute atomic E-state index is 0.0584. The molecule has 74 valence electrons. The van der Waals surface area contributed by atoms with E-state index in [9.17, 15) is 4.39 Å². The summed E-state index contributed by atoms with van der Waals surface area (Å²) in [5, 5.41) is 0.241. The number of hydrogen-bond acceptors (Lipinski definition) is 0. The fourth-order valence-electron chi connectivity index (χ4n) is 0.889. The molecule has 0 saturated carbocycles. The standard InChI is InChI=1S/C10H12ClFI/c1-7(2)13-6-8-4-3-5-9(11)10(8)12/h3-5,7H,6H2,1-2H3/q-1. The van der Waals surface area contributed by atoms with Crippen LogP contribution >= 0.6 is 11.6 Å². The Bertz CT molecular complexity index is 286. The van der Waals surface area contributed by atoms with Crippen LogP contribution in [0.1, 0.15) is 19.4 Å². The van der Waals surface area contributed by atoms with Crippen molar-refractivity contribution >= 4 is 11.6 Å². The summed E-state index contributed by atoms with van der Waals surface area (Å²) in [6, 6.07) is 5.22. The van der Waals surface area contributed by atoms with E-state index in [1.54, 1.807) is 6.07 Å². The summed E-state index contributed by atoms with van der Waals surface area (Å²) in [5.41, 5.74) is 0.772. The Kier molecular flexibility index (Phi) is 4.46. The molecule has 0 radical (unpaired) electrons. The van der Waals surface area contributed by atoms with E-state index < -0.39 is 0 Å². The molecule has 0 amide bonds. The van der Waals surface area contributed by atoms with E-state index in [1.165, 1.54) is 0 Å². The van der Waals surface area contributed by atoms with Crippen molar-refractivity contribution in [3.05, 3.63) is 34.6 Å². The molecule has 0 saturated heterocycles. The van der Waals surface area contributed by atoms with Crippen molar-refractivity contribution in [2.45, 2.75) is 22.2 Å². The third kappa shape index (κ3) is 3.43. The van der Waals surface area contributed by atoms with Crippen LogP contribution in [-0.2, 0) is 4.43 Å². The first kappa shape index (κ1) is 11.2. The molecule has 13 heavy (non-hydrogen) atoms. The van der Waals surface area contributed by atoms with Gasteiger partial charge in [0.25, 0.3) is 0 Å². The van der Waals surface area contributed by atoms with Crippen molar-refractivity contribution in [3.8, 4) is 0 Å². The second kappa shape index (κ2) is 5.15. The van der Waals surface area contributed by atoms with Gasteiger partial charge < -0.3 is 0 Å². The topological polar surface area (TPSA) is 0 Å². The van der Waals surface area contributed by atoms with Gasteiger partial charge >= 0.3 is 94.0 Å². The first-order valence-electron chi connectivity index (χ1n) is 4.12. The van der Waals surface area contributed by atoms with Crippen LogP contribution in [0, 0.1) is 5.82 Å². The van der Waals surface area contributed by atoms with Gasteiger partial charge in [0.15, 0.2) is 0 Å². The molecule has 0 heterocycles. The SMILES string of the molecule is CC(C)[I-]Cc1cccc(Cl)c1F. The molecule has 1 rings (SSSR count). The molecule has 1 aromatic rings. The number of hydrogen-bond donors (Lipinski definition) is 0. The summed E-state index contributed by atoms with van der Waals surface area (Å²) < 4.78 is 14.9. The Morgan fingerprint density at radius 3 is 2.77 bits per heavy atom. The normalized spacial score (nSPS) is 11.2. The van der Waals surface area contributed by atoms with Crippen LogP contribution < -0.4 is 21.2 Å². The van der Waals surface area contributed by atoms with E-state index in [0.29, 0.717) is 3.92 Å². The van der Waals surface area contributed by atoms with Gasteiger partial charge in [-0.15, -0.1) is 0 Å². The van der Waals surface area contributed by atoms with E-state index in [2.05, 4.69) is 13.8 Å². The molecule has 0 aliphatic carbocycles. The zero-order valence-electron chi connectivity index (χ0n) is 7.65. The van der Waals surface area contributed by atoms with Gasteiger partial charge in [0, 0.05) is 0 Å². The molecule has 0 N–H and O–H groups in total. The molecule has 0 unspecified atom stereocenters. The van der Waals surface area contributed by atoms with Crippen LogP contribution in [0.4, 0.5) is 4.39 Å². The fourth-order valence-corrected chi connectivity index (χ4v) is 3.03. The van der Waals surface area contributed by atoms with Crippen molar-refractivity contribution in [3.63, 3.8) is 0 Å². The van der Waals surface area contributed by atoms with Gasteiger partial charge in [0.05, 0.1) is 0 Å². The molecular formula is C10H12ClFI-. The summed E-state index contributed by atoms with van der Waals surface area (Å²) in [5.74, 6) is -0.232. The quantitative estimate of drug-likeness (QED) is 0.562. The van der Waals surface area contributed by atoms with Crippen molar-refractivity contribution in [2.75, 3.05) is 0 Å². The first-order valence-corrected chi connectivity index (χ1v) is 7.26. The predicted octanol–water partition coefficient (Wildman–Crippen LogP) is 0.477. The van der Waals surface area contributed by atoms with E-state index in [4.69, 9.17) is 11.6 Å². The number of rotatable bonds is 3. The second-order valence-corrected chi connectivity index (χ2v) is 7.56. The molecule has 0 bridgehead atoms. The second-order valence-electron chi connectivity index (χ2n) is 3.01. The Labute approximate surface area is 93.7 Å². The summed E-state index contributed by atoms with van der Waals surface area (Å²) in [6.07, 6.45) is 0.